The fraction of sp³-hybridized carbons (Fsp3) is 0.533. The minimum atomic E-state index is -0.470. The van der Waals surface area contributed by atoms with Gasteiger partial charge in [0.1, 0.15) is 5.82 Å². The van der Waals surface area contributed by atoms with Crippen molar-refractivity contribution in [3.05, 3.63) is 24.0 Å². The number of thioether (sulfide) groups is 1. The highest BCUT2D eigenvalue weighted by Gasteiger charge is 2.08. The fourth-order valence-electron chi connectivity index (χ4n) is 1.54. The predicted octanol–water partition coefficient (Wildman–Crippen LogP) is 3.90. The number of hydrogen-bond donors (Lipinski definition) is 2. The summed E-state index contributed by atoms with van der Waals surface area (Å²) in [5.41, 5.74) is 6.03. The molecule has 1 amide bonds. The number of rotatable bonds is 7. The van der Waals surface area contributed by atoms with Gasteiger partial charge in [0.15, 0.2) is 0 Å². The lowest BCUT2D eigenvalue weighted by atomic mass is 10.2. The molecule has 0 heterocycles. The van der Waals surface area contributed by atoms with E-state index in [0.717, 1.165) is 12.2 Å². The standard InChI is InChI=1S/C15H23FN2OS/c1-10(2)11(3)20-8-4-5-15(19)18-12-6-7-13(16)14(17)9-12/h6-7,9-11H,4-5,8,17H2,1-3H3,(H,18,19). The van der Waals surface area contributed by atoms with E-state index in [9.17, 15) is 9.18 Å². The van der Waals surface area contributed by atoms with Crippen molar-refractivity contribution in [2.45, 2.75) is 38.9 Å². The number of halogens is 1. The molecule has 3 nitrogen and oxygen atoms in total. The maximum Gasteiger partial charge on any atom is 0.224 e. The number of amides is 1. The molecule has 0 fully saturated rings. The molecule has 112 valence electrons. The summed E-state index contributed by atoms with van der Waals surface area (Å²) in [6, 6.07) is 4.20. The minimum absolute atomic E-state index is 0.0455. The Hall–Kier alpha value is -1.23. The summed E-state index contributed by atoms with van der Waals surface area (Å²) in [6.45, 7) is 6.60. The third kappa shape index (κ3) is 5.82. The van der Waals surface area contributed by atoms with Gasteiger partial charge >= 0.3 is 0 Å². The normalized spacial score (nSPS) is 12.4. The van der Waals surface area contributed by atoms with Crippen LogP contribution < -0.4 is 11.1 Å². The molecule has 1 rings (SSSR count). The van der Waals surface area contributed by atoms with Crippen LogP contribution in [0.25, 0.3) is 0 Å². The van der Waals surface area contributed by atoms with E-state index in [1.54, 1.807) is 0 Å². The number of anilines is 2. The van der Waals surface area contributed by atoms with Crippen LogP contribution in [0.2, 0.25) is 0 Å². The van der Waals surface area contributed by atoms with Gasteiger partial charge in [-0.25, -0.2) is 4.39 Å². The van der Waals surface area contributed by atoms with E-state index in [2.05, 4.69) is 26.1 Å². The van der Waals surface area contributed by atoms with Crippen LogP contribution in [0, 0.1) is 11.7 Å². The van der Waals surface area contributed by atoms with Crippen LogP contribution in [0.15, 0.2) is 18.2 Å². The SMILES string of the molecule is CC(C)C(C)SCCCC(=O)Nc1ccc(F)c(N)c1. The van der Waals surface area contributed by atoms with Crippen molar-refractivity contribution in [3.63, 3.8) is 0 Å². The zero-order valence-corrected chi connectivity index (χ0v) is 13.1. The highest BCUT2D eigenvalue weighted by molar-refractivity contribution is 7.99. The lowest BCUT2D eigenvalue weighted by Crippen LogP contribution is -2.12. The number of benzene rings is 1. The Balaban J connectivity index is 2.28. The van der Waals surface area contributed by atoms with Gasteiger partial charge < -0.3 is 11.1 Å². The number of carbonyl (C=O) groups excluding carboxylic acids is 1. The van der Waals surface area contributed by atoms with E-state index >= 15 is 0 Å². The third-order valence-corrected chi connectivity index (χ3v) is 4.74. The van der Waals surface area contributed by atoms with Crippen molar-refractivity contribution in [1.29, 1.82) is 0 Å². The topological polar surface area (TPSA) is 55.1 Å². The van der Waals surface area contributed by atoms with Crippen molar-refractivity contribution in [2.24, 2.45) is 5.92 Å². The summed E-state index contributed by atoms with van der Waals surface area (Å²) >= 11 is 1.89. The molecule has 0 aromatic heterocycles. The lowest BCUT2D eigenvalue weighted by Gasteiger charge is -2.14. The molecular weight excluding hydrogens is 275 g/mol. The molecule has 3 N–H and O–H groups in total. The molecule has 0 aliphatic heterocycles. The molecule has 0 saturated heterocycles. The number of nitrogen functional groups attached to an aromatic ring is 1. The van der Waals surface area contributed by atoms with Crippen LogP contribution in [-0.2, 0) is 4.79 Å². The van der Waals surface area contributed by atoms with E-state index < -0.39 is 5.82 Å². The zero-order chi connectivity index (χ0) is 15.1. The molecule has 1 aromatic carbocycles. The highest BCUT2D eigenvalue weighted by Crippen LogP contribution is 2.20. The lowest BCUT2D eigenvalue weighted by molar-refractivity contribution is -0.116. The van der Waals surface area contributed by atoms with Crippen LogP contribution in [0.1, 0.15) is 33.6 Å². The summed E-state index contributed by atoms with van der Waals surface area (Å²) < 4.78 is 13.0. The molecule has 1 unspecified atom stereocenters. The van der Waals surface area contributed by atoms with E-state index in [0.29, 0.717) is 23.3 Å². The Morgan fingerprint density at radius 3 is 2.70 bits per heavy atom. The van der Waals surface area contributed by atoms with Gasteiger partial charge in [-0.2, -0.15) is 11.8 Å². The number of carbonyl (C=O) groups is 1. The first kappa shape index (κ1) is 16.8. The number of nitrogens with two attached hydrogens (primary N) is 1. The van der Waals surface area contributed by atoms with Crippen LogP contribution >= 0.6 is 11.8 Å². The molecule has 0 aliphatic rings. The second-order valence-electron chi connectivity index (χ2n) is 5.21. The largest absolute Gasteiger partial charge is 0.396 e. The van der Waals surface area contributed by atoms with E-state index in [1.165, 1.54) is 18.2 Å². The summed E-state index contributed by atoms with van der Waals surface area (Å²) in [5, 5.41) is 3.33. The van der Waals surface area contributed by atoms with Crippen molar-refractivity contribution >= 4 is 29.0 Å². The first-order valence-electron chi connectivity index (χ1n) is 6.86. The van der Waals surface area contributed by atoms with Gasteiger partial charge in [-0.15, -0.1) is 0 Å². The Bertz CT molecular complexity index is 451. The Kier molecular flexibility index (Phi) is 6.85. The molecule has 0 aliphatic carbocycles. The van der Waals surface area contributed by atoms with E-state index in [4.69, 9.17) is 5.73 Å². The summed E-state index contributed by atoms with van der Waals surface area (Å²) in [6.07, 6.45) is 1.30. The second-order valence-corrected chi connectivity index (χ2v) is 6.69. The van der Waals surface area contributed by atoms with Gasteiger partial charge in [0.05, 0.1) is 5.69 Å². The van der Waals surface area contributed by atoms with Crippen molar-refractivity contribution < 1.29 is 9.18 Å². The van der Waals surface area contributed by atoms with E-state index in [-0.39, 0.29) is 11.6 Å². The van der Waals surface area contributed by atoms with Crippen LogP contribution in [0.3, 0.4) is 0 Å². The molecule has 0 bridgehead atoms. The average molecular weight is 298 g/mol. The molecule has 20 heavy (non-hydrogen) atoms. The molecule has 1 aromatic rings. The van der Waals surface area contributed by atoms with Gasteiger partial charge in [0.2, 0.25) is 5.91 Å². The Morgan fingerprint density at radius 1 is 1.40 bits per heavy atom. The molecule has 1 atom stereocenters. The summed E-state index contributed by atoms with van der Waals surface area (Å²) in [7, 11) is 0. The molecule has 5 heteroatoms. The zero-order valence-electron chi connectivity index (χ0n) is 12.3. The van der Waals surface area contributed by atoms with E-state index in [1.807, 2.05) is 11.8 Å². The van der Waals surface area contributed by atoms with Gasteiger partial charge in [-0.1, -0.05) is 20.8 Å². The van der Waals surface area contributed by atoms with Gasteiger partial charge in [-0.05, 0) is 36.3 Å². The van der Waals surface area contributed by atoms with Crippen molar-refractivity contribution in [3.8, 4) is 0 Å². The summed E-state index contributed by atoms with van der Waals surface area (Å²) in [5.74, 6) is 1.09. The fourth-order valence-corrected chi connectivity index (χ4v) is 2.61. The highest BCUT2D eigenvalue weighted by atomic mass is 32.2. The molecule has 0 spiro atoms. The van der Waals surface area contributed by atoms with Gasteiger partial charge in [0, 0.05) is 17.4 Å². The maximum absolute atomic E-state index is 13.0. The quantitative estimate of drug-likeness (QED) is 0.593. The monoisotopic (exact) mass is 298 g/mol. The molecule has 0 radical (unpaired) electrons. The van der Waals surface area contributed by atoms with Crippen molar-refractivity contribution in [1.82, 2.24) is 0 Å². The van der Waals surface area contributed by atoms with Crippen LogP contribution in [-0.4, -0.2) is 16.9 Å². The van der Waals surface area contributed by atoms with Crippen LogP contribution in [0.5, 0.6) is 0 Å². The first-order chi connectivity index (χ1) is 9.40. The predicted molar refractivity (Wildman–Crippen MR) is 85.4 cm³/mol. The minimum Gasteiger partial charge on any atom is -0.396 e. The maximum atomic E-state index is 13.0. The second kappa shape index (κ2) is 8.15. The first-order valence-corrected chi connectivity index (χ1v) is 7.91. The van der Waals surface area contributed by atoms with Gasteiger partial charge in [-0.3, -0.25) is 4.79 Å². The van der Waals surface area contributed by atoms with Crippen molar-refractivity contribution in [2.75, 3.05) is 16.8 Å². The number of hydrogen-bond acceptors (Lipinski definition) is 3. The Morgan fingerprint density at radius 2 is 2.10 bits per heavy atom. The molecular formula is C15H23FN2OS. The number of nitrogens with one attached hydrogen (secondary N) is 1. The average Bonchev–Trinajstić information content (AvgIpc) is 2.38. The van der Waals surface area contributed by atoms with Gasteiger partial charge in [0.25, 0.3) is 0 Å². The molecule has 0 saturated carbocycles. The Labute approximate surface area is 124 Å². The summed E-state index contributed by atoms with van der Waals surface area (Å²) in [4.78, 5) is 11.7. The smallest absolute Gasteiger partial charge is 0.224 e. The third-order valence-electron chi connectivity index (χ3n) is 3.15. The van der Waals surface area contributed by atoms with Crippen LogP contribution in [0.4, 0.5) is 15.8 Å².